The molecule has 2 rings (SSSR count). The van der Waals surface area contributed by atoms with E-state index < -0.39 is 0 Å². The molecule has 4 nitrogen and oxygen atoms in total. The van der Waals surface area contributed by atoms with Crippen LogP contribution in [-0.2, 0) is 0 Å². The van der Waals surface area contributed by atoms with E-state index in [2.05, 4.69) is 10.2 Å². The van der Waals surface area contributed by atoms with Crippen LogP contribution in [0, 0.1) is 0 Å². The Morgan fingerprint density at radius 2 is 1.94 bits per heavy atom. The molecule has 1 aliphatic rings. The van der Waals surface area contributed by atoms with Gasteiger partial charge in [-0.25, -0.2) is 0 Å². The molecule has 0 aliphatic carbocycles. The minimum absolute atomic E-state index is 0.315. The van der Waals surface area contributed by atoms with Gasteiger partial charge in [-0.3, -0.25) is 0 Å². The van der Waals surface area contributed by atoms with Gasteiger partial charge in [-0.2, -0.15) is 0 Å². The topological polar surface area (TPSA) is 44.7 Å². The fourth-order valence-electron chi connectivity index (χ4n) is 2.27. The highest BCUT2D eigenvalue weighted by Gasteiger charge is 2.15. The molecular weight excluding hydrogens is 228 g/mol. The monoisotopic (exact) mass is 250 g/mol. The Bertz CT molecular complexity index is 347. The molecule has 0 amide bonds. The number of methoxy groups -OCH3 is 1. The molecule has 100 valence electrons. The number of nitrogens with one attached hydrogen (secondary N) is 1. The zero-order valence-electron chi connectivity index (χ0n) is 10.9. The average Bonchev–Trinajstić information content (AvgIpc) is 2.90. The van der Waals surface area contributed by atoms with Crippen molar-refractivity contribution in [2.24, 2.45) is 0 Å². The lowest BCUT2D eigenvalue weighted by Gasteiger charge is -2.20. The van der Waals surface area contributed by atoms with E-state index in [1.165, 1.54) is 12.8 Å². The Labute approximate surface area is 109 Å². The largest absolute Gasteiger partial charge is 0.497 e. The summed E-state index contributed by atoms with van der Waals surface area (Å²) in [5.74, 6) is 0.846. The molecule has 1 atom stereocenters. The summed E-state index contributed by atoms with van der Waals surface area (Å²) in [6, 6.07) is 7.74. The third-order valence-corrected chi connectivity index (χ3v) is 3.30. The third kappa shape index (κ3) is 3.89. The van der Waals surface area contributed by atoms with Crippen LogP contribution >= 0.6 is 0 Å². The Kier molecular flexibility index (Phi) is 4.84. The van der Waals surface area contributed by atoms with E-state index >= 15 is 0 Å². The smallest absolute Gasteiger partial charge is 0.119 e. The van der Waals surface area contributed by atoms with Gasteiger partial charge in [0, 0.05) is 18.8 Å². The molecule has 0 aromatic heterocycles. The number of anilines is 1. The van der Waals surface area contributed by atoms with Crippen molar-refractivity contribution >= 4 is 5.69 Å². The molecule has 1 aromatic carbocycles. The summed E-state index contributed by atoms with van der Waals surface area (Å²) in [5.41, 5.74) is 1.01. The van der Waals surface area contributed by atoms with Gasteiger partial charge in [-0.1, -0.05) is 0 Å². The Hall–Kier alpha value is -1.26. The number of aliphatic hydroxyl groups is 1. The number of nitrogens with zero attached hydrogens (tertiary/aromatic N) is 1. The van der Waals surface area contributed by atoms with E-state index in [4.69, 9.17) is 4.74 Å². The summed E-state index contributed by atoms with van der Waals surface area (Å²) in [6.07, 6.45) is 2.21. The molecule has 1 saturated heterocycles. The number of benzene rings is 1. The summed E-state index contributed by atoms with van der Waals surface area (Å²) >= 11 is 0. The van der Waals surface area contributed by atoms with Gasteiger partial charge in [0.15, 0.2) is 0 Å². The molecule has 0 bridgehead atoms. The lowest BCUT2D eigenvalue weighted by atomic mass is 10.2. The standard InChI is InChI=1S/C14H22N2O2/c1-18-14-6-4-12(5-7-14)15-10-13(17)11-16-8-2-3-9-16/h4-7,13,15,17H,2-3,8-11H2,1H3/t13-/m0/s1. The molecule has 0 saturated carbocycles. The van der Waals surface area contributed by atoms with Gasteiger partial charge in [0.2, 0.25) is 0 Å². The Balaban J connectivity index is 1.72. The summed E-state index contributed by atoms with van der Waals surface area (Å²) in [7, 11) is 1.65. The molecule has 1 aliphatic heterocycles. The van der Waals surface area contributed by atoms with Crippen LogP contribution in [0.5, 0.6) is 5.75 Å². The van der Waals surface area contributed by atoms with E-state index in [9.17, 15) is 5.11 Å². The Morgan fingerprint density at radius 1 is 1.28 bits per heavy atom. The first-order chi connectivity index (χ1) is 8.78. The van der Waals surface area contributed by atoms with Gasteiger partial charge in [0.05, 0.1) is 13.2 Å². The molecular formula is C14H22N2O2. The van der Waals surface area contributed by atoms with E-state index in [1.54, 1.807) is 7.11 Å². The third-order valence-electron chi connectivity index (χ3n) is 3.30. The first kappa shape index (κ1) is 13.2. The normalized spacial score (nSPS) is 17.7. The van der Waals surface area contributed by atoms with Crippen molar-refractivity contribution in [3.8, 4) is 5.75 Å². The predicted octanol–water partition coefficient (Wildman–Crippen LogP) is 1.56. The highest BCUT2D eigenvalue weighted by Crippen LogP contribution is 2.15. The van der Waals surface area contributed by atoms with Crippen LogP contribution in [0.3, 0.4) is 0 Å². The van der Waals surface area contributed by atoms with Crippen LogP contribution < -0.4 is 10.1 Å². The number of likely N-dealkylation sites (tertiary alicyclic amines) is 1. The van der Waals surface area contributed by atoms with Crippen molar-refractivity contribution in [1.29, 1.82) is 0 Å². The molecule has 0 spiro atoms. The van der Waals surface area contributed by atoms with Gasteiger partial charge in [-0.05, 0) is 50.2 Å². The first-order valence-corrected chi connectivity index (χ1v) is 6.56. The van der Waals surface area contributed by atoms with Gasteiger partial charge in [-0.15, -0.1) is 0 Å². The quantitative estimate of drug-likeness (QED) is 0.804. The van der Waals surface area contributed by atoms with E-state index in [1.807, 2.05) is 24.3 Å². The maximum atomic E-state index is 9.94. The minimum Gasteiger partial charge on any atom is -0.497 e. The van der Waals surface area contributed by atoms with E-state index in [0.29, 0.717) is 6.54 Å². The summed E-state index contributed by atoms with van der Waals surface area (Å²) in [5, 5.41) is 13.2. The van der Waals surface area contributed by atoms with Crippen LogP contribution in [-0.4, -0.2) is 49.4 Å². The lowest BCUT2D eigenvalue weighted by molar-refractivity contribution is 0.135. The second kappa shape index (κ2) is 6.61. The fraction of sp³-hybridized carbons (Fsp3) is 0.571. The van der Waals surface area contributed by atoms with Crippen LogP contribution in [0.2, 0.25) is 0 Å². The maximum Gasteiger partial charge on any atom is 0.119 e. The van der Waals surface area contributed by atoms with Crippen molar-refractivity contribution in [3.05, 3.63) is 24.3 Å². The Morgan fingerprint density at radius 3 is 2.56 bits per heavy atom. The lowest BCUT2D eigenvalue weighted by Crippen LogP contribution is -2.34. The molecule has 18 heavy (non-hydrogen) atoms. The van der Waals surface area contributed by atoms with Crippen molar-refractivity contribution in [2.45, 2.75) is 18.9 Å². The number of ether oxygens (including phenoxy) is 1. The van der Waals surface area contributed by atoms with E-state index in [-0.39, 0.29) is 6.10 Å². The van der Waals surface area contributed by atoms with Gasteiger partial charge in [0.25, 0.3) is 0 Å². The first-order valence-electron chi connectivity index (χ1n) is 6.56. The summed E-state index contributed by atoms with van der Waals surface area (Å²) in [4.78, 5) is 2.32. The number of rotatable bonds is 6. The van der Waals surface area contributed by atoms with Crippen molar-refractivity contribution in [1.82, 2.24) is 4.90 Å². The second-order valence-corrected chi connectivity index (χ2v) is 4.77. The van der Waals surface area contributed by atoms with Crippen molar-refractivity contribution in [3.63, 3.8) is 0 Å². The van der Waals surface area contributed by atoms with Crippen LogP contribution in [0.1, 0.15) is 12.8 Å². The SMILES string of the molecule is COc1ccc(NC[C@H](O)CN2CCCC2)cc1. The van der Waals surface area contributed by atoms with E-state index in [0.717, 1.165) is 31.1 Å². The highest BCUT2D eigenvalue weighted by atomic mass is 16.5. The van der Waals surface area contributed by atoms with Crippen molar-refractivity contribution < 1.29 is 9.84 Å². The van der Waals surface area contributed by atoms with Gasteiger partial charge < -0.3 is 20.1 Å². The maximum absolute atomic E-state index is 9.94. The molecule has 4 heteroatoms. The molecule has 1 aromatic rings. The number of β-amino-alcohol motifs (C(OH)–C–C–N with tert-alkyl or cyclic N) is 1. The van der Waals surface area contributed by atoms with Gasteiger partial charge >= 0.3 is 0 Å². The molecule has 1 fully saturated rings. The molecule has 2 N–H and O–H groups in total. The van der Waals surface area contributed by atoms with Gasteiger partial charge in [0.1, 0.15) is 5.75 Å². The van der Waals surface area contributed by atoms with Crippen LogP contribution in [0.4, 0.5) is 5.69 Å². The zero-order chi connectivity index (χ0) is 12.8. The average molecular weight is 250 g/mol. The van der Waals surface area contributed by atoms with Crippen LogP contribution in [0.25, 0.3) is 0 Å². The number of hydrogen-bond acceptors (Lipinski definition) is 4. The molecule has 0 unspecified atom stereocenters. The number of aliphatic hydroxyl groups excluding tert-OH is 1. The molecule has 1 heterocycles. The van der Waals surface area contributed by atoms with Crippen LogP contribution in [0.15, 0.2) is 24.3 Å². The summed E-state index contributed by atoms with van der Waals surface area (Å²) < 4.78 is 5.10. The summed E-state index contributed by atoms with van der Waals surface area (Å²) in [6.45, 7) is 3.60. The predicted molar refractivity (Wildman–Crippen MR) is 73.2 cm³/mol. The highest BCUT2D eigenvalue weighted by molar-refractivity contribution is 5.46. The second-order valence-electron chi connectivity index (χ2n) is 4.77. The minimum atomic E-state index is -0.315. The fourth-order valence-corrected chi connectivity index (χ4v) is 2.27. The molecule has 0 radical (unpaired) electrons. The zero-order valence-corrected chi connectivity index (χ0v) is 10.9. The van der Waals surface area contributed by atoms with Crippen molar-refractivity contribution in [2.75, 3.05) is 38.6 Å². The number of hydrogen-bond donors (Lipinski definition) is 2.